The molecule has 2 amide bonds. The fraction of sp³-hybridized carbons (Fsp3) is 0.591. The normalized spacial score (nSPS) is 24.4. The molecule has 3 atom stereocenters. The van der Waals surface area contributed by atoms with Crippen molar-refractivity contribution >= 4 is 11.7 Å². The zero-order valence-corrected chi connectivity index (χ0v) is 17.4. The van der Waals surface area contributed by atoms with Crippen LogP contribution in [0.3, 0.4) is 0 Å². The number of piperidine rings is 2. The average molecular weight is 398 g/mol. The van der Waals surface area contributed by atoms with E-state index in [0.717, 1.165) is 43.4 Å². The first kappa shape index (κ1) is 19.9. The van der Waals surface area contributed by atoms with E-state index in [-0.39, 0.29) is 6.04 Å². The van der Waals surface area contributed by atoms with E-state index in [9.17, 15) is 4.79 Å². The smallest absolute Gasteiger partial charge is 0.319 e. The Morgan fingerprint density at radius 2 is 2.00 bits per heavy atom. The lowest BCUT2D eigenvalue weighted by Crippen LogP contribution is -2.57. The third-order valence-electron chi connectivity index (χ3n) is 6.53. The van der Waals surface area contributed by atoms with Gasteiger partial charge in [0.2, 0.25) is 11.7 Å². The van der Waals surface area contributed by atoms with Crippen LogP contribution in [0.15, 0.2) is 28.8 Å². The lowest BCUT2D eigenvalue weighted by molar-refractivity contribution is 0.0564. The lowest BCUT2D eigenvalue weighted by Gasteiger charge is -2.49. The number of carbonyl (C=O) groups is 1. The number of aromatic nitrogens is 2. The number of nitrogens with two attached hydrogens (primary N) is 1. The van der Waals surface area contributed by atoms with Gasteiger partial charge in [0.15, 0.2) is 0 Å². The maximum atomic E-state index is 12.6. The standard InChI is InChI=1S/C22H31N5O2/c1-3-4-12-20-24-21(25-29-20)18-10-5-6-11-19(18)27(22(23)28)17-13-15-8-7-9-16(14-17)26(15)2/h5-6,10-11,15-17H,3-4,7-9,12-14H2,1-2H3,(H2,23,28)/t15-,16+,17+. The molecule has 0 radical (unpaired) electrons. The van der Waals surface area contributed by atoms with Crippen LogP contribution in [0.25, 0.3) is 11.4 Å². The first-order valence-corrected chi connectivity index (χ1v) is 10.8. The van der Waals surface area contributed by atoms with Crippen LogP contribution >= 0.6 is 0 Å². The molecule has 2 aliphatic rings. The van der Waals surface area contributed by atoms with Gasteiger partial charge in [-0.15, -0.1) is 0 Å². The Balaban J connectivity index is 1.65. The van der Waals surface area contributed by atoms with Crippen molar-refractivity contribution in [3.63, 3.8) is 0 Å². The summed E-state index contributed by atoms with van der Waals surface area (Å²) in [5.74, 6) is 1.15. The Morgan fingerprint density at radius 1 is 1.28 bits per heavy atom. The molecule has 4 rings (SSSR count). The van der Waals surface area contributed by atoms with Gasteiger partial charge < -0.3 is 15.2 Å². The molecule has 7 nitrogen and oxygen atoms in total. The molecular formula is C22H31N5O2. The van der Waals surface area contributed by atoms with Crippen LogP contribution in [0.2, 0.25) is 0 Å². The van der Waals surface area contributed by atoms with Crippen molar-refractivity contribution in [2.75, 3.05) is 11.9 Å². The second kappa shape index (κ2) is 8.53. The summed E-state index contributed by atoms with van der Waals surface area (Å²) in [5, 5.41) is 4.18. The van der Waals surface area contributed by atoms with E-state index in [4.69, 9.17) is 10.3 Å². The molecule has 2 aromatic rings. The highest BCUT2D eigenvalue weighted by atomic mass is 16.5. The summed E-state index contributed by atoms with van der Waals surface area (Å²) >= 11 is 0. The molecule has 7 heteroatoms. The van der Waals surface area contributed by atoms with E-state index in [1.54, 1.807) is 4.90 Å². The largest absolute Gasteiger partial charge is 0.351 e. The van der Waals surface area contributed by atoms with Gasteiger partial charge in [0, 0.05) is 30.1 Å². The van der Waals surface area contributed by atoms with Crippen molar-refractivity contribution < 1.29 is 9.32 Å². The van der Waals surface area contributed by atoms with Crippen LogP contribution in [0.4, 0.5) is 10.5 Å². The van der Waals surface area contributed by atoms with E-state index in [0.29, 0.717) is 23.8 Å². The lowest BCUT2D eigenvalue weighted by atomic mass is 9.81. The molecule has 0 unspecified atom stereocenters. The Bertz CT molecular complexity index is 837. The van der Waals surface area contributed by atoms with Crippen LogP contribution in [-0.4, -0.2) is 46.2 Å². The van der Waals surface area contributed by atoms with Crippen LogP contribution in [0.5, 0.6) is 0 Å². The summed E-state index contributed by atoms with van der Waals surface area (Å²) in [5.41, 5.74) is 7.48. The number of primary amides is 1. The highest BCUT2D eigenvalue weighted by molar-refractivity contribution is 5.95. The number of unbranched alkanes of at least 4 members (excludes halogenated alkanes) is 1. The quantitative estimate of drug-likeness (QED) is 0.796. The number of hydrogen-bond donors (Lipinski definition) is 1. The van der Waals surface area contributed by atoms with Gasteiger partial charge >= 0.3 is 6.03 Å². The SMILES string of the molecule is CCCCc1nc(-c2ccccc2N(C(N)=O)[C@H]2C[C@H]3CCC[C@@H](C2)N3C)no1. The topological polar surface area (TPSA) is 88.5 Å². The van der Waals surface area contributed by atoms with Gasteiger partial charge in [-0.3, -0.25) is 4.90 Å². The van der Waals surface area contributed by atoms with Crippen LogP contribution < -0.4 is 10.6 Å². The molecule has 0 spiro atoms. The zero-order valence-electron chi connectivity index (χ0n) is 17.4. The number of para-hydroxylation sites is 1. The highest BCUT2D eigenvalue weighted by Gasteiger charge is 2.40. The third kappa shape index (κ3) is 4.01. The Morgan fingerprint density at radius 3 is 2.69 bits per heavy atom. The van der Waals surface area contributed by atoms with Crippen LogP contribution in [0, 0.1) is 0 Å². The van der Waals surface area contributed by atoms with Gasteiger partial charge in [0.05, 0.1) is 5.69 Å². The van der Waals surface area contributed by atoms with Gasteiger partial charge in [-0.1, -0.05) is 37.1 Å². The molecule has 156 valence electrons. The van der Waals surface area contributed by atoms with E-state index >= 15 is 0 Å². The number of rotatable bonds is 6. The molecule has 0 saturated carbocycles. The molecule has 2 bridgehead atoms. The first-order chi connectivity index (χ1) is 14.1. The van der Waals surface area contributed by atoms with Crippen LogP contribution in [0.1, 0.15) is 57.8 Å². The molecule has 2 saturated heterocycles. The fourth-order valence-electron chi connectivity index (χ4n) is 4.96. The summed E-state index contributed by atoms with van der Waals surface area (Å²) in [4.78, 5) is 21.4. The predicted octanol–water partition coefficient (Wildman–Crippen LogP) is 3.98. The number of urea groups is 1. The zero-order chi connectivity index (χ0) is 20.4. The van der Waals surface area contributed by atoms with Crippen molar-refractivity contribution in [3.8, 4) is 11.4 Å². The van der Waals surface area contributed by atoms with Gasteiger partial charge in [0.1, 0.15) is 0 Å². The highest BCUT2D eigenvalue weighted by Crippen LogP contribution is 2.38. The molecule has 1 aromatic carbocycles. The van der Waals surface area contributed by atoms with Gasteiger partial charge in [-0.25, -0.2) is 4.79 Å². The summed E-state index contributed by atoms with van der Waals surface area (Å²) in [6.07, 6.45) is 8.37. The van der Waals surface area contributed by atoms with E-state index in [1.165, 1.54) is 19.3 Å². The Hall–Kier alpha value is -2.41. The maximum Gasteiger partial charge on any atom is 0.319 e. The van der Waals surface area contributed by atoms with Crippen molar-refractivity contribution in [2.45, 2.75) is 76.4 Å². The number of carbonyl (C=O) groups excluding carboxylic acids is 1. The second-order valence-corrected chi connectivity index (χ2v) is 8.37. The molecule has 3 heterocycles. The number of amides is 2. The molecule has 2 aliphatic heterocycles. The second-order valence-electron chi connectivity index (χ2n) is 8.37. The molecular weight excluding hydrogens is 366 g/mol. The Labute approximate surface area is 172 Å². The van der Waals surface area contributed by atoms with Crippen LogP contribution in [-0.2, 0) is 6.42 Å². The number of nitrogens with zero attached hydrogens (tertiary/aromatic N) is 4. The number of anilines is 1. The van der Waals surface area contributed by atoms with Crippen molar-refractivity contribution in [1.82, 2.24) is 15.0 Å². The van der Waals surface area contributed by atoms with E-state index in [2.05, 4.69) is 29.0 Å². The minimum absolute atomic E-state index is 0.0895. The number of aryl methyl sites for hydroxylation is 1. The summed E-state index contributed by atoms with van der Waals surface area (Å²) in [7, 11) is 2.21. The van der Waals surface area contributed by atoms with Gasteiger partial charge in [-0.05, 0) is 51.3 Å². The van der Waals surface area contributed by atoms with Crippen molar-refractivity contribution in [3.05, 3.63) is 30.2 Å². The van der Waals surface area contributed by atoms with E-state index < -0.39 is 6.03 Å². The van der Waals surface area contributed by atoms with Crippen molar-refractivity contribution in [1.29, 1.82) is 0 Å². The summed E-state index contributed by atoms with van der Waals surface area (Å²) < 4.78 is 5.43. The molecule has 1 aromatic heterocycles. The van der Waals surface area contributed by atoms with Crippen molar-refractivity contribution in [2.24, 2.45) is 5.73 Å². The first-order valence-electron chi connectivity index (χ1n) is 10.8. The number of benzene rings is 1. The maximum absolute atomic E-state index is 12.6. The molecule has 2 fully saturated rings. The summed E-state index contributed by atoms with van der Waals surface area (Å²) in [6, 6.07) is 8.43. The van der Waals surface area contributed by atoms with E-state index in [1.807, 2.05) is 24.3 Å². The van der Waals surface area contributed by atoms with Gasteiger partial charge in [0.25, 0.3) is 0 Å². The third-order valence-corrected chi connectivity index (χ3v) is 6.53. The minimum atomic E-state index is -0.417. The fourth-order valence-corrected chi connectivity index (χ4v) is 4.96. The molecule has 29 heavy (non-hydrogen) atoms. The monoisotopic (exact) mass is 397 g/mol. The molecule has 0 aliphatic carbocycles. The molecule has 2 N–H and O–H groups in total. The number of fused-ring (bicyclic) bond motifs is 2. The number of hydrogen-bond acceptors (Lipinski definition) is 5. The predicted molar refractivity (Wildman–Crippen MR) is 113 cm³/mol. The minimum Gasteiger partial charge on any atom is -0.351 e. The summed E-state index contributed by atoms with van der Waals surface area (Å²) in [6.45, 7) is 2.13. The average Bonchev–Trinajstić information content (AvgIpc) is 3.16. The van der Waals surface area contributed by atoms with Gasteiger partial charge in [-0.2, -0.15) is 4.98 Å². The Kier molecular flexibility index (Phi) is 5.85.